The van der Waals surface area contributed by atoms with Crippen LogP contribution >= 0.6 is 0 Å². The Hall–Kier alpha value is -1.98. The highest BCUT2D eigenvalue weighted by Gasteiger charge is 2.03. The van der Waals surface area contributed by atoms with E-state index >= 15 is 0 Å². The average Bonchev–Trinajstić information content (AvgIpc) is 2.37. The number of hydrogen-bond acceptors (Lipinski definition) is 4. The highest BCUT2D eigenvalue weighted by atomic mass is 19.1. The van der Waals surface area contributed by atoms with E-state index in [1.165, 1.54) is 6.07 Å². The van der Waals surface area contributed by atoms with Crippen molar-refractivity contribution in [3.8, 4) is 5.75 Å². The number of anilines is 1. The molecule has 100 valence electrons. The van der Waals surface area contributed by atoms with E-state index in [-0.39, 0.29) is 11.6 Å². The maximum absolute atomic E-state index is 13.5. The molecule has 0 radical (unpaired) electrons. The maximum atomic E-state index is 13.5. The lowest BCUT2D eigenvalue weighted by Crippen LogP contribution is -2.13. The Morgan fingerprint density at radius 3 is 2.94 bits per heavy atom. The molecule has 0 aliphatic rings. The van der Waals surface area contributed by atoms with Gasteiger partial charge < -0.3 is 21.0 Å². The molecule has 0 fully saturated rings. The van der Waals surface area contributed by atoms with Gasteiger partial charge in [0, 0.05) is 24.7 Å². The minimum absolute atomic E-state index is 0.190. The third-order valence-corrected chi connectivity index (χ3v) is 2.30. The number of amidine groups is 1. The van der Waals surface area contributed by atoms with Gasteiger partial charge in [-0.1, -0.05) is 5.16 Å². The minimum atomic E-state index is -0.390. The van der Waals surface area contributed by atoms with Gasteiger partial charge in [0.25, 0.3) is 0 Å². The zero-order chi connectivity index (χ0) is 13.4. The number of halogens is 1. The summed E-state index contributed by atoms with van der Waals surface area (Å²) in [5, 5.41) is 14.3. The number of hydrogen-bond donors (Lipinski definition) is 3. The first-order valence-electron chi connectivity index (χ1n) is 5.80. The lowest BCUT2D eigenvalue weighted by Gasteiger charge is -2.09. The summed E-state index contributed by atoms with van der Waals surface area (Å²) < 4.78 is 18.6. The number of rotatable bonds is 7. The van der Waals surface area contributed by atoms with Crippen molar-refractivity contribution < 1.29 is 14.3 Å². The molecule has 0 atom stereocenters. The predicted molar refractivity (Wildman–Crippen MR) is 68.7 cm³/mol. The summed E-state index contributed by atoms with van der Waals surface area (Å²) in [7, 11) is 0. The SMILES string of the molecule is CCOc1ccc(NCCC/C(N)=N/O)cc1F. The Morgan fingerprint density at radius 2 is 2.33 bits per heavy atom. The van der Waals surface area contributed by atoms with Crippen molar-refractivity contribution in [3.63, 3.8) is 0 Å². The van der Waals surface area contributed by atoms with Gasteiger partial charge in [-0.3, -0.25) is 0 Å². The molecule has 18 heavy (non-hydrogen) atoms. The zero-order valence-corrected chi connectivity index (χ0v) is 10.3. The van der Waals surface area contributed by atoms with E-state index in [1.807, 2.05) is 0 Å². The molecule has 5 nitrogen and oxygen atoms in total. The van der Waals surface area contributed by atoms with Crippen LogP contribution in [0, 0.1) is 5.82 Å². The van der Waals surface area contributed by atoms with Gasteiger partial charge in [-0.2, -0.15) is 0 Å². The van der Waals surface area contributed by atoms with E-state index < -0.39 is 5.82 Å². The van der Waals surface area contributed by atoms with Crippen LogP contribution in [0.4, 0.5) is 10.1 Å². The highest BCUT2D eigenvalue weighted by Crippen LogP contribution is 2.21. The second-order valence-corrected chi connectivity index (χ2v) is 3.70. The number of benzene rings is 1. The fourth-order valence-corrected chi connectivity index (χ4v) is 1.44. The van der Waals surface area contributed by atoms with Gasteiger partial charge in [0.15, 0.2) is 11.6 Å². The normalized spacial score (nSPS) is 11.3. The second-order valence-electron chi connectivity index (χ2n) is 3.70. The molecule has 4 N–H and O–H groups in total. The van der Waals surface area contributed by atoms with Crippen LogP contribution in [-0.4, -0.2) is 24.2 Å². The molecule has 0 aliphatic carbocycles. The fourth-order valence-electron chi connectivity index (χ4n) is 1.44. The molecule has 0 saturated carbocycles. The minimum Gasteiger partial charge on any atom is -0.491 e. The predicted octanol–water partition coefficient (Wildman–Crippen LogP) is 2.16. The first kappa shape index (κ1) is 14.1. The molecule has 0 heterocycles. The molecule has 0 aromatic heterocycles. The van der Waals surface area contributed by atoms with E-state index in [9.17, 15) is 4.39 Å². The van der Waals surface area contributed by atoms with Gasteiger partial charge in [-0.05, 0) is 25.5 Å². The molecule has 0 saturated heterocycles. The van der Waals surface area contributed by atoms with Crippen LogP contribution in [0.2, 0.25) is 0 Å². The van der Waals surface area contributed by atoms with Crippen LogP contribution in [0.1, 0.15) is 19.8 Å². The van der Waals surface area contributed by atoms with Gasteiger partial charge >= 0.3 is 0 Å². The Morgan fingerprint density at radius 1 is 1.56 bits per heavy atom. The Balaban J connectivity index is 2.41. The van der Waals surface area contributed by atoms with Crippen LogP contribution < -0.4 is 15.8 Å². The molecule has 1 rings (SSSR count). The summed E-state index contributed by atoms with van der Waals surface area (Å²) >= 11 is 0. The largest absolute Gasteiger partial charge is 0.491 e. The third kappa shape index (κ3) is 4.48. The molecular formula is C12H18FN3O2. The maximum Gasteiger partial charge on any atom is 0.167 e. The Labute approximate surface area is 105 Å². The Kier molecular flexibility index (Phi) is 5.76. The van der Waals surface area contributed by atoms with Crippen LogP contribution in [0.15, 0.2) is 23.4 Å². The number of oxime groups is 1. The molecule has 0 unspecified atom stereocenters. The number of nitrogens with zero attached hydrogens (tertiary/aromatic N) is 1. The number of nitrogens with two attached hydrogens (primary N) is 1. The van der Waals surface area contributed by atoms with Gasteiger partial charge in [0.2, 0.25) is 0 Å². The topological polar surface area (TPSA) is 79.9 Å². The summed E-state index contributed by atoms with van der Waals surface area (Å²) in [5.74, 6) is 0.0488. The van der Waals surface area contributed by atoms with Crippen molar-refractivity contribution in [2.24, 2.45) is 10.9 Å². The third-order valence-electron chi connectivity index (χ3n) is 2.30. The van der Waals surface area contributed by atoms with Crippen LogP contribution in [-0.2, 0) is 0 Å². The van der Waals surface area contributed by atoms with Gasteiger partial charge in [-0.15, -0.1) is 0 Å². The summed E-state index contributed by atoms with van der Waals surface area (Å²) in [6.45, 7) is 2.85. The van der Waals surface area contributed by atoms with Gasteiger partial charge in [0.1, 0.15) is 5.84 Å². The standard InChI is InChI=1S/C12H18FN3O2/c1-2-18-11-6-5-9(8-10(11)13)15-7-3-4-12(14)16-17/h5-6,8,15,17H,2-4,7H2,1H3,(H2,14,16). The summed E-state index contributed by atoms with van der Waals surface area (Å²) in [4.78, 5) is 0. The van der Waals surface area contributed by atoms with Gasteiger partial charge in [0.05, 0.1) is 6.61 Å². The van der Waals surface area contributed by atoms with Crippen molar-refractivity contribution in [2.45, 2.75) is 19.8 Å². The lowest BCUT2D eigenvalue weighted by atomic mass is 10.2. The van der Waals surface area contributed by atoms with Gasteiger partial charge in [-0.25, -0.2) is 4.39 Å². The highest BCUT2D eigenvalue weighted by molar-refractivity contribution is 5.79. The molecule has 0 bridgehead atoms. The van der Waals surface area contributed by atoms with Crippen molar-refractivity contribution in [1.82, 2.24) is 0 Å². The quantitative estimate of drug-likeness (QED) is 0.229. The molecule has 6 heteroatoms. The van der Waals surface area contributed by atoms with E-state index in [0.717, 1.165) is 0 Å². The first-order chi connectivity index (χ1) is 8.67. The summed E-state index contributed by atoms with van der Waals surface area (Å²) in [6.07, 6.45) is 1.19. The number of nitrogens with one attached hydrogen (secondary N) is 1. The molecule has 0 spiro atoms. The van der Waals surface area contributed by atoms with E-state index in [4.69, 9.17) is 15.7 Å². The van der Waals surface area contributed by atoms with Crippen LogP contribution in [0.25, 0.3) is 0 Å². The summed E-state index contributed by atoms with van der Waals surface area (Å²) in [5.41, 5.74) is 6.00. The van der Waals surface area contributed by atoms with Crippen molar-refractivity contribution in [3.05, 3.63) is 24.0 Å². The molecule has 0 aliphatic heterocycles. The van der Waals surface area contributed by atoms with Crippen LogP contribution in [0.5, 0.6) is 5.75 Å². The molecule has 1 aromatic carbocycles. The zero-order valence-electron chi connectivity index (χ0n) is 10.3. The second kappa shape index (κ2) is 7.37. The lowest BCUT2D eigenvalue weighted by molar-refractivity contribution is 0.316. The first-order valence-corrected chi connectivity index (χ1v) is 5.80. The summed E-state index contributed by atoms with van der Waals surface area (Å²) in [6, 6.07) is 4.72. The monoisotopic (exact) mass is 255 g/mol. The Bertz CT molecular complexity index is 410. The molecule has 1 aromatic rings. The molecule has 0 amide bonds. The number of ether oxygens (including phenoxy) is 1. The van der Waals surface area contributed by atoms with Crippen molar-refractivity contribution in [1.29, 1.82) is 0 Å². The fraction of sp³-hybridized carbons (Fsp3) is 0.417. The smallest absolute Gasteiger partial charge is 0.167 e. The van der Waals surface area contributed by atoms with E-state index in [2.05, 4.69) is 10.5 Å². The van der Waals surface area contributed by atoms with E-state index in [0.29, 0.717) is 31.7 Å². The van der Waals surface area contributed by atoms with E-state index in [1.54, 1.807) is 19.1 Å². The van der Waals surface area contributed by atoms with Crippen LogP contribution in [0.3, 0.4) is 0 Å². The van der Waals surface area contributed by atoms with Crippen molar-refractivity contribution in [2.75, 3.05) is 18.5 Å². The van der Waals surface area contributed by atoms with Crippen molar-refractivity contribution >= 4 is 11.5 Å². The molecular weight excluding hydrogens is 237 g/mol. The average molecular weight is 255 g/mol.